The fourth-order valence-corrected chi connectivity index (χ4v) is 2.82. The van der Waals surface area contributed by atoms with E-state index < -0.39 is 0 Å². The number of nitrogens with zero attached hydrogens (tertiary/aromatic N) is 3. The van der Waals surface area contributed by atoms with Gasteiger partial charge in [-0.2, -0.15) is 0 Å². The van der Waals surface area contributed by atoms with Crippen molar-refractivity contribution in [3.8, 4) is 0 Å². The van der Waals surface area contributed by atoms with Crippen LogP contribution in [0.15, 0.2) is 23.3 Å². The number of likely N-dealkylation sites (tertiary alicyclic amines) is 1. The van der Waals surface area contributed by atoms with Crippen LogP contribution in [0.4, 0.5) is 0 Å². The fraction of sp³-hybridized carbons (Fsp3) is 0.647. The molecule has 1 aliphatic rings. The quantitative estimate of drug-likeness (QED) is 0.362. The molecule has 0 aliphatic carbocycles. The molecule has 0 unspecified atom stereocenters. The molecule has 5 nitrogen and oxygen atoms in total. The first-order valence-corrected chi connectivity index (χ1v) is 8.82. The zero-order chi connectivity index (χ0) is 16.5. The van der Waals surface area contributed by atoms with E-state index in [9.17, 15) is 0 Å². The summed E-state index contributed by atoms with van der Waals surface area (Å²) >= 11 is 5.79. The maximum Gasteiger partial charge on any atom is 0.191 e. The molecule has 0 spiro atoms. The summed E-state index contributed by atoms with van der Waals surface area (Å²) in [4.78, 5) is 10.9. The number of hydrogen-bond donors (Lipinski definition) is 2. The third-order valence-corrected chi connectivity index (χ3v) is 4.52. The highest BCUT2D eigenvalue weighted by Crippen LogP contribution is 2.15. The molecule has 0 radical (unpaired) electrons. The molecule has 1 fully saturated rings. The van der Waals surface area contributed by atoms with Gasteiger partial charge in [-0.05, 0) is 56.4 Å². The van der Waals surface area contributed by atoms with Crippen molar-refractivity contribution in [2.24, 2.45) is 10.9 Å². The van der Waals surface area contributed by atoms with Crippen molar-refractivity contribution in [2.45, 2.75) is 32.7 Å². The lowest BCUT2D eigenvalue weighted by Gasteiger charge is -2.30. The average molecular weight is 338 g/mol. The molecule has 1 aliphatic heterocycles. The fourth-order valence-electron chi connectivity index (χ4n) is 2.71. The van der Waals surface area contributed by atoms with Gasteiger partial charge in [0.15, 0.2) is 5.96 Å². The third kappa shape index (κ3) is 6.75. The minimum atomic E-state index is 0.517. The van der Waals surface area contributed by atoms with Crippen molar-refractivity contribution in [3.05, 3.63) is 29.0 Å². The van der Waals surface area contributed by atoms with Gasteiger partial charge in [-0.25, -0.2) is 4.98 Å². The van der Waals surface area contributed by atoms with E-state index in [1.165, 1.54) is 25.9 Å². The Bertz CT molecular complexity index is 480. The highest BCUT2D eigenvalue weighted by Gasteiger charge is 2.14. The third-order valence-electron chi connectivity index (χ3n) is 4.29. The van der Waals surface area contributed by atoms with Crippen molar-refractivity contribution in [1.82, 2.24) is 20.5 Å². The monoisotopic (exact) mass is 337 g/mol. The van der Waals surface area contributed by atoms with E-state index in [2.05, 4.69) is 32.4 Å². The van der Waals surface area contributed by atoms with E-state index in [4.69, 9.17) is 11.6 Å². The number of piperidine rings is 1. The molecule has 0 aromatic carbocycles. The summed E-state index contributed by atoms with van der Waals surface area (Å²) in [5.74, 6) is 1.72. The Kier molecular flexibility index (Phi) is 7.62. The predicted octanol–water partition coefficient (Wildman–Crippen LogP) is 2.52. The number of nitrogens with one attached hydrogen (secondary N) is 2. The van der Waals surface area contributed by atoms with Crippen LogP contribution in [0.5, 0.6) is 0 Å². The van der Waals surface area contributed by atoms with Gasteiger partial charge in [-0.1, -0.05) is 24.6 Å². The standard InChI is InChI=1S/C17H28ClN5/c1-14-6-10-23(11-7-14)9-3-8-20-17(19-2)22-13-15-4-5-16(18)21-12-15/h4-5,12,14H,3,6-11,13H2,1-2H3,(H2,19,20,22). The van der Waals surface area contributed by atoms with Crippen LogP contribution in [-0.4, -0.2) is 49.1 Å². The molecule has 1 saturated heterocycles. The first kappa shape index (κ1) is 18.0. The van der Waals surface area contributed by atoms with Gasteiger partial charge in [0.25, 0.3) is 0 Å². The topological polar surface area (TPSA) is 52.6 Å². The Morgan fingerprint density at radius 3 is 2.78 bits per heavy atom. The number of aliphatic imine (C=N–C) groups is 1. The van der Waals surface area contributed by atoms with E-state index in [0.717, 1.165) is 37.0 Å². The minimum Gasteiger partial charge on any atom is -0.356 e. The van der Waals surface area contributed by atoms with Gasteiger partial charge in [0.1, 0.15) is 5.15 Å². The van der Waals surface area contributed by atoms with E-state index >= 15 is 0 Å². The highest BCUT2D eigenvalue weighted by atomic mass is 35.5. The van der Waals surface area contributed by atoms with Gasteiger partial charge in [0.2, 0.25) is 0 Å². The van der Waals surface area contributed by atoms with Crippen LogP contribution >= 0.6 is 11.6 Å². The Labute approximate surface area is 144 Å². The molecular formula is C17H28ClN5. The van der Waals surface area contributed by atoms with Crippen LogP contribution in [0.1, 0.15) is 31.7 Å². The lowest BCUT2D eigenvalue weighted by Crippen LogP contribution is -2.39. The molecule has 0 amide bonds. The number of guanidine groups is 1. The summed E-state index contributed by atoms with van der Waals surface area (Å²) in [6.07, 6.45) is 5.59. The van der Waals surface area contributed by atoms with Crippen LogP contribution in [0.25, 0.3) is 0 Å². The molecule has 1 aromatic heterocycles. The first-order valence-electron chi connectivity index (χ1n) is 8.44. The molecule has 2 rings (SSSR count). The van der Waals surface area contributed by atoms with Crippen LogP contribution in [0.2, 0.25) is 5.15 Å². The van der Waals surface area contributed by atoms with Crippen LogP contribution in [0.3, 0.4) is 0 Å². The molecule has 0 bridgehead atoms. The minimum absolute atomic E-state index is 0.517. The number of rotatable bonds is 6. The second kappa shape index (κ2) is 9.73. The normalized spacial score (nSPS) is 17.3. The Morgan fingerprint density at radius 2 is 2.13 bits per heavy atom. The van der Waals surface area contributed by atoms with Crippen molar-refractivity contribution < 1.29 is 0 Å². The summed E-state index contributed by atoms with van der Waals surface area (Å²) in [5, 5.41) is 7.17. The summed E-state index contributed by atoms with van der Waals surface area (Å²) in [6, 6.07) is 3.77. The largest absolute Gasteiger partial charge is 0.356 e. The van der Waals surface area contributed by atoms with Crippen LogP contribution in [0, 0.1) is 5.92 Å². The summed E-state index contributed by atoms with van der Waals surface area (Å²) in [6.45, 7) is 7.64. The molecular weight excluding hydrogens is 310 g/mol. The number of halogens is 1. The van der Waals surface area contributed by atoms with Crippen molar-refractivity contribution >= 4 is 17.6 Å². The van der Waals surface area contributed by atoms with Gasteiger partial charge in [0, 0.05) is 26.3 Å². The number of hydrogen-bond acceptors (Lipinski definition) is 3. The van der Waals surface area contributed by atoms with Crippen molar-refractivity contribution in [1.29, 1.82) is 0 Å². The van der Waals surface area contributed by atoms with Crippen LogP contribution in [-0.2, 0) is 6.54 Å². The summed E-state index contributed by atoms with van der Waals surface area (Å²) in [5.41, 5.74) is 1.08. The van der Waals surface area contributed by atoms with Gasteiger partial charge < -0.3 is 15.5 Å². The molecule has 2 heterocycles. The molecule has 2 N–H and O–H groups in total. The van der Waals surface area contributed by atoms with Gasteiger partial charge in [-0.15, -0.1) is 0 Å². The number of aromatic nitrogens is 1. The Hall–Kier alpha value is -1.33. The molecule has 0 saturated carbocycles. The van der Waals surface area contributed by atoms with E-state index in [0.29, 0.717) is 11.7 Å². The van der Waals surface area contributed by atoms with Gasteiger partial charge >= 0.3 is 0 Å². The smallest absolute Gasteiger partial charge is 0.191 e. The summed E-state index contributed by atoms with van der Waals surface area (Å²) < 4.78 is 0. The predicted molar refractivity (Wildman–Crippen MR) is 96.9 cm³/mol. The average Bonchev–Trinajstić information content (AvgIpc) is 2.57. The lowest BCUT2D eigenvalue weighted by atomic mass is 9.99. The molecule has 0 atom stereocenters. The highest BCUT2D eigenvalue weighted by molar-refractivity contribution is 6.29. The second-order valence-corrected chi connectivity index (χ2v) is 6.61. The Balaban J connectivity index is 1.60. The zero-order valence-corrected chi connectivity index (χ0v) is 14.9. The maximum atomic E-state index is 5.79. The molecule has 128 valence electrons. The SMILES string of the molecule is CN=C(NCCCN1CCC(C)CC1)NCc1ccc(Cl)nc1. The second-order valence-electron chi connectivity index (χ2n) is 6.22. The summed E-state index contributed by atoms with van der Waals surface area (Å²) in [7, 11) is 1.79. The van der Waals surface area contributed by atoms with Gasteiger partial charge in [0.05, 0.1) is 0 Å². The Morgan fingerprint density at radius 1 is 1.35 bits per heavy atom. The van der Waals surface area contributed by atoms with Gasteiger partial charge in [-0.3, -0.25) is 4.99 Å². The van der Waals surface area contributed by atoms with Crippen molar-refractivity contribution in [2.75, 3.05) is 33.2 Å². The first-order chi connectivity index (χ1) is 11.2. The maximum absolute atomic E-state index is 5.79. The zero-order valence-electron chi connectivity index (χ0n) is 14.2. The molecule has 1 aromatic rings. The number of pyridine rings is 1. The van der Waals surface area contributed by atoms with E-state index in [1.54, 1.807) is 19.3 Å². The molecule has 23 heavy (non-hydrogen) atoms. The lowest BCUT2D eigenvalue weighted by molar-refractivity contribution is 0.191. The van der Waals surface area contributed by atoms with Crippen molar-refractivity contribution in [3.63, 3.8) is 0 Å². The van der Waals surface area contributed by atoms with E-state index in [-0.39, 0.29) is 0 Å². The van der Waals surface area contributed by atoms with Crippen LogP contribution < -0.4 is 10.6 Å². The van der Waals surface area contributed by atoms with E-state index in [1.807, 2.05) is 6.07 Å². The molecule has 6 heteroatoms.